The van der Waals surface area contributed by atoms with E-state index in [1.165, 1.54) is 25.0 Å². The summed E-state index contributed by atoms with van der Waals surface area (Å²) in [6.07, 6.45) is 3.84. The molecular weight excluding hydrogens is 176 g/mol. The van der Waals surface area contributed by atoms with Gasteiger partial charge >= 0.3 is 8.07 Å². The van der Waals surface area contributed by atoms with Gasteiger partial charge in [-0.2, -0.15) is 0 Å². The minimum absolute atomic E-state index is 0. The van der Waals surface area contributed by atoms with Gasteiger partial charge < -0.3 is 12.4 Å². The summed E-state index contributed by atoms with van der Waals surface area (Å²) >= 11 is 0. The Kier molecular flexibility index (Phi) is 4.52. The van der Waals surface area contributed by atoms with Gasteiger partial charge in [-0.3, -0.25) is 0 Å². The molecule has 1 saturated heterocycles. The Bertz CT molecular complexity index is 105. The summed E-state index contributed by atoms with van der Waals surface area (Å²) in [6.45, 7) is 8.04. The molecular formula is C8H17ClOSi. The molecule has 0 N–H and O–H groups in total. The van der Waals surface area contributed by atoms with Crippen LogP contribution in [-0.4, -0.2) is 14.7 Å². The number of hydrogen-bond donors (Lipinski definition) is 0. The van der Waals surface area contributed by atoms with Crippen LogP contribution in [0.5, 0.6) is 0 Å². The van der Waals surface area contributed by atoms with Crippen LogP contribution in [-0.2, 0) is 4.74 Å². The Morgan fingerprint density at radius 3 is 2.09 bits per heavy atom. The highest BCUT2D eigenvalue weighted by Crippen LogP contribution is 2.28. The molecule has 0 saturated carbocycles. The number of ether oxygens (including phenoxy) is 1. The minimum Gasteiger partial charge on any atom is -1.00 e. The third-order valence-electron chi connectivity index (χ3n) is 1.91. The first kappa shape index (κ1) is 11.3. The molecule has 0 unspecified atom stereocenters. The summed E-state index contributed by atoms with van der Waals surface area (Å²) in [5.41, 5.74) is 1.43. The van der Waals surface area contributed by atoms with Gasteiger partial charge in [0.15, 0.2) is 5.73 Å². The summed E-state index contributed by atoms with van der Waals surface area (Å²) in [5.74, 6) is 0. The van der Waals surface area contributed by atoms with E-state index in [0.717, 1.165) is 6.61 Å². The van der Waals surface area contributed by atoms with E-state index < -0.39 is 8.07 Å². The van der Waals surface area contributed by atoms with E-state index >= 15 is 0 Å². The maximum absolute atomic E-state index is 5.62. The van der Waals surface area contributed by atoms with Gasteiger partial charge in [-0.05, 0) is 32.5 Å². The van der Waals surface area contributed by atoms with Crippen molar-refractivity contribution in [3.63, 3.8) is 0 Å². The first-order chi connectivity index (χ1) is 4.61. The molecule has 1 rings (SSSR count). The average Bonchev–Trinajstić information content (AvgIpc) is 1.88. The van der Waals surface area contributed by atoms with Gasteiger partial charge in [-0.25, -0.2) is 4.74 Å². The molecule has 66 valence electrons. The zero-order valence-electron chi connectivity index (χ0n) is 7.61. The molecule has 1 aliphatic heterocycles. The molecule has 1 nitrogen and oxygen atoms in total. The molecule has 0 aromatic heterocycles. The van der Waals surface area contributed by atoms with Gasteiger partial charge in [0.2, 0.25) is 0 Å². The maximum atomic E-state index is 5.62. The molecule has 0 aromatic rings. The van der Waals surface area contributed by atoms with E-state index in [4.69, 9.17) is 4.74 Å². The van der Waals surface area contributed by atoms with Crippen LogP contribution < -0.4 is 12.4 Å². The Morgan fingerprint density at radius 1 is 1.18 bits per heavy atom. The summed E-state index contributed by atoms with van der Waals surface area (Å²) in [6, 6.07) is 0. The smallest absolute Gasteiger partial charge is 0.301 e. The van der Waals surface area contributed by atoms with Crippen LogP contribution in [0.25, 0.3) is 0 Å². The second-order valence-electron chi connectivity index (χ2n) is 3.98. The number of rotatable bonds is 1. The van der Waals surface area contributed by atoms with Crippen molar-refractivity contribution in [2.75, 3.05) is 6.61 Å². The molecule has 3 heteroatoms. The average molecular weight is 193 g/mol. The highest BCUT2D eigenvalue weighted by molar-refractivity contribution is 6.80. The van der Waals surface area contributed by atoms with Crippen molar-refractivity contribution in [2.45, 2.75) is 38.9 Å². The van der Waals surface area contributed by atoms with Crippen LogP contribution in [0.4, 0.5) is 0 Å². The molecule has 1 heterocycles. The lowest BCUT2D eigenvalue weighted by atomic mass is 10.2. The van der Waals surface area contributed by atoms with Crippen molar-refractivity contribution >= 4 is 8.07 Å². The highest BCUT2D eigenvalue weighted by Gasteiger charge is 2.42. The normalized spacial score (nSPS) is 19.4. The monoisotopic (exact) mass is 192 g/mol. The first-order valence-corrected chi connectivity index (χ1v) is 7.60. The fourth-order valence-corrected chi connectivity index (χ4v) is 2.71. The van der Waals surface area contributed by atoms with Gasteiger partial charge in [0, 0.05) is 0 Å². The Morgan fingerprint density at radius 2 is 1.82 bits per heavy atom. The van der Waals surface area contributed by atoms with Crippen molar-refractivity contribution in [3.05, 3.63) is 5.73 Å². The van der Waals surface area contributed by atoms with Gasteiger partial charge in [-0.15, -0.1) is 0 Å². The molecule has 0 aromatic carbocycles. The molecule has 0 radical (unpaired) electrons. The van der Waals surface area contributed by atoms with E-state index in [2.05, 4.69) is 19.6 Å². The fraction of sp³-hybridized carbons (Fsp3) is 0.875. The largest absolute Gasteiger partial charge is 1.00 e. The summed E-state index contributed by atoms with van der Waals surface area (Å²) in [5, 5.41) is 0. The Balaban J connectivity index is 0.000001000. The molecule has 1 fully saturated rings. The molecule has 1 aliphatic rings. The predicted molar refractivity (Wildman–Crippen MR) is 46.4 cm³/mol. The molecule has 0 atom stereocenters. The van der Waals surface area contributed by atoms with Gasteiger partial charge in [0.25, 0.3) is 0 Å². The molecule has 0 spiro atoms. The molecule has 0 bridgehead atoms. The van der Waals surface area contributed by atoms with Crippen molar-refractivity contribution < 1.29 is 17.1 Å². The Labute approximate surface area is 76.9 Å². The summed E-state index contributed by atoms with van der Waals surface area (Å²) < 4.78 is 5.62. The van der Waals surface area contributed by atoms with Gasteiger partial charge in [0.05, 0.1) is 6.61 Å². The molecule has 11 heavy (non-hydrogen) atoms. The second kappa shape index (κ2) is 4.38. The van der Waals surface area contributed by atoms with E-state index in [1.807, 2.05) is 0 Å². The van der Waals surface area contributed by atoms with Crippen molar-refractivity contribution in [3.8, 4) is 0 Å². The van der Waals surface area contributed by atoms with Crippen LogP contribution in [0.1, 0.15) is 19.3 Å². The van der Waals surface area contributed by atoms with E-state index in [9.17, 15) is 0 Å². The first-order valence-electron chi connectivity index (χ1n) is 4.10. The quantitative estimate of drug-likeness (QED) is 0.406. The van der Waals surface area contributed by atoms with Crippen molar-refractivity contribution in [1.29, 1.82) is 0 Å². The SMILES string of the molecule is C[Si](C)(C)[C+]1CCCCO1.[Cl-]. The highest BCUT2D eigenvalue weighted by atomic mass is 35.5. The number of hydrogen-bond acceptors (Lipinski definition) is 1. The zero-order valence-corrected chi connectivity index (χ0v) is 9.37. The van der Waals surface area contributed by atoms with Crippen LogP contribution in [0.15, 0.2) is 0 Å². The lowest BCUT2D eigenvalue weighted by Crippen LogP contribution is -3.00. The van der Waals surface area contributed by atoms with E-state index in [1.54, 1.807) is 0 Å². The maximum Gasteiger partial charge on any atom is 0.301 e. The van der Waals surface area contributed by atoms with Crippen molar-refractivity contribution in [1.82, 2.24) is 0 Å². The Hall–Kier alpha value is 0.337. The molecule has 0 amide bonds. The minimum atomic E-state index is -1.06. The summed E-state index contributed by atoms with van der Waals surface area (Å²) in [7, 11) is -1.06. The van der Waals surface area contributed by atoms with E-state index in [-0.39, 0.29) is 12.4 Å². The third kappa shape index (κ3) is 3.50. The van der Waals surface area contributed by atoms with Crippen molar-refractivity contribution in [2.24, 2.45) is 0 Å². The van der Waals surface area contributed by atoms with Gasteiger partial charge in [0.1, 0.15) is 6.42 Å². The standard InChI is InChI=1S/C8H17OSi.ClH/c1-10(2,3)8-6-4-5-7-9-8;/h4-7H2,1-3H3;1H/q+1;/p-1. The van der Waals surface area contributed by atoms with Crippen LogP contribution in [0.3, 0.4) is 0 Å². The van der Waals surface area contributed by atoms with Gasteiger partial charge in [-0.1, -0.05) is 0 Å². The topological polar surface area (TPSA) is 9.23 Å². The lowest BCUT2D eigenvalue weighted by molar-refractivity contribution is -0.00000316. The molecule has 0 aliphatic carbocycles. The fourth-order valence-electron chi connectivity index (χ4n) is 1.25. The van der Waals surface area contributed by atoms with E-state index in [0.29, 0.717) is 0 Å². The summed E-state index contributed by atoms with van der Waals surface area (Å²) in [4.78, 5) is 0. The van der Waals surface area contributed by atoms with Crippen LogP contribution >= 0.6 is 0 Å². The predicted octanol–water partition coefficient (Wildman–Crippen LogP) is -0.400. The van der Waals surface area contributed by atoms with Crippen LogP contribution in [0.2, 0.25) is 19.6 Å². The second-order valence-corrected chi connectivity index (χ2v) is 9.04. The zero-order chi connectivity index (χ0) is 7.61. The third-order valence-corrected chi connectivity index (χ3v) is 3.98. The van der Waals surface area contributed by atoms with Crippen LogP contribution in [0, 0.1) is 5.73 Å². The number of halogens is 1. The lowest BCUT2D eigenvalue weighted by Gasteiger charge is -2.19.